The zero-order valence-electron chi connectivity index (χ0n) is 11.8. The van der Waals surface area contributed by atoms with Crippen LogP contribution in [0.15, 0.2) is 0 Å². The lowest BCUT2D eigenvalue weighted by molar-refractivity contribution is 0.712. The second kappa shape index (κ2) is 5.52. The second-order valence-corrected chi connectivity index (χ2v) is 5.06. The smallest absolute Gasteiger partial charge is 0.0273 e. The molecule has 0 aliphatic rings. The van der Waals surface area contributed by atoms with Gasteiger partial charge in [-0.05, 0) is 80.8 Å². The predicted molar refractivity (Wildman–Crippen MR) is 73.4 cm³/mol. The molecule has 0 aliphatic carbocycles. The number of rotatable bonds is 4. The van der Waals surface area contributed by atoms with Gasteiger partial charge in [0.05, 0.1) is 0 Å². The average molecular weight is 218 g/mol. The van der Waals surface area contributed by atoms with Crippen molar-refractivity contribution in [2.24, 2.45) is 0 Å². The van der Waals surface area contributed by atoms with Crippen LogP contribution in [-0.2, 0) is 6.42 Å². The Morgan fingerprint density at radius 3 is 1.50 bits per heavy atom. The molecule has 0 amide bonds. The lowest BCUT2D eigenvalue weighted by Gasteiger charge is -2.18. The zero-order valence-corrected chi connectivity index (χ0v) is 11.8. The number of benzene rings is 1. The summed E-state index contributed by atoms with van der Waals surface area (Å²) >= 11 is 0. The van der Waals surface area contributed by atoms with Crippen LogP contribution in [-0.4, -0.2) is 0 Å². The van der Waals surface area contributed by atoms with E-state index in [0.29, 0.717) is 0 Å². The molecule has 90 valence electrons. The third-order valence-corrected chi connectivity index (χ3v) is 4.19. The summed E-state index contributed by atoms with van der Waals surface area (Å²) in [5.74, 6) is 0. The highest BCUT2D eigenvalue weighted by Gasteiger charge is 2.11. The number of hydrogen-bond acceptors (Lipinski definition) is 0. The molecule has 1 aromatic carbocycles. The Morgan fingerprint density at radius 1 is 0.625 bits per heavy atom. The number of hydrogen-bond donors (Lipinski definition) is 0. The van der Waals surface area contributed by atoms with Crippen molar-refractivity contribution >= 4 is 0 Å². The van der Waals surface area contributed by atoms with Crippen molar-refractivity contribution in [1.82, 2.24) is 0 Å². The van der Waals surface area contributed by atoms with Crippen LogP contribution in [0, 0.1) is 34.6 Å². The minimum atomic E-state index is 1.26. The Hall–Kier alpha value is -0.780. The summed E-state index contributed by atoms with van der Waals surface area (Å²) in [6.07, 6.45) is 5.25. The van der Waals surface area contributed by atoms with Crippen molar-refractivity contribution in [2.45, 2.75) is 67.2 Å². The van der Waals surface area contributed by atoms with Crippen molar-refractivity contribution in [3.05, 3.63) is 33.4 Å². The summed E-state index contributed by atoms with van der Waals surface area (Å²) in [6.45, 7) is 13.6. The van der Waals surface area contributed by atoms with Crippen LogP contribution in [0.2, 0.25) is 0 Å². The molecule has 1 rings (SSSR count). The van der Waals surface area contributed by atoms with Crippen LogP contribution >= 0.6 is 0 Å². The van der Waals surface area contributed by atoms with Crippen LogP contribution in [0.25, 0.3) is 0 Å². The molecule has 0 saturated carbocycles. The normalized spacial score (nSPS) is 10.9. The SMILES string of the molecule is CCCCCc1c(C)c(C)c(C)c(C)c1C. The van der Waals surface area contributed by atoms with E-state index in [-0.39, 0.29) is 0 Å². The van der Waals surface area contributed by atoms with Crippen molar-refractivity contribution in [1.29, 1.82) is 0 Å². The minimum absolute atomic E-state index is 1.26. The molecule has 0 radical (unpaired) electrons. The fraction of sp³-hybridized carbons (Fsp3) is 0.625. The molecule has 0 unspecified atom stereocenters. The highest BCUT2D eigenvalue weighted by atomic mass is 14.2. The van der Waals surface area contributed by atoms with Gasteiger partial charge >= 0.3 is 0 Å². The van der Waals surface area contributed by atoms with Crippen LogP contribution in [0.1, 0.15) is 59.6 Å². The van der Waals surface area contributed by atoms with E-state index in [4.69, 9.17) is 0 Å². The van der Waals surface area contributed by atoms with Gasteiger partial charge in [-0.1, -0.05) is 19.8 Å². The number of unbranched alkanes of at least 4 members (excludes halogenated alkanes) is 2. The minimum Gasteiger partial charge on any atom is -0.0654 e. The van der Waals surface area contributed by atoms with Crippen molar-refractivity contribution < 1.29 is 0 Å². The third kappa shape index (κ3) is 2.48. The Balaban J connectivity index is 3.08. The molecule has 0 N–H and O–H groups in total. The summed E-state index contributed by atoms with van der Waals surface area (Å²) < 4.78 is 0. The molecule has 0 heteroatoms. The molecule has 0 spiro atoms. The molecular weight excluding hydrogens is 192 g/mol. The van der Waals surface area contributed by atoms with E-state index in [0.717, 1.165) is 0 Å². The van der Waals surface area contributed by atoms with E-state index in [1.54, 1.807) is 5.56 Å². The largest absolute Gasteiger partial charge is 0.0654 e. The highest BCUT2D eigenvalue weighted by Crippen LogP contribution is 2.27. The van der Waals surface area contributed by atoms with Gasteiger partial charge in [-0.15, -0.1) is 0 Å². The molecule has 0 bridgehead atoms. The van der Waals surface area contributed by atoms with E-state index in [9.17, 15) is 0 Å². The summed E-state index contributed by atoms with van der Waals surface area (Å²) in [7, 11) is 0. The summed E-state index contributed by atoms with van der Waals surface area (Å²) in [6, 6.07) is 0. The Morgan fingerprint density at radius 2 is 1.06 bits per heavy atom. The maximum atomic E-state index is 2.29. The van der Waals surface area contributed by atoms with Gasteiger partial charge in [0.1, 0.15) is 0 Å². The first kappa shape index (κ1) is 13.3. The summed E-state index contributed by atoms with van der Waals surface area (Å²) in [5.41, 5.74) is 9.13. The Kier molecular flexibility index (Phi) is 4.58. The average Bonchev–Trinajstić information content (AvgIpc) is 2.28. The molecule has 0 atom stereocenters. The van der Waals surface area contributed by atoms with Gasteiger partial charge in [0.25, 0.3) is 0 Å². The van der Waals surface area contributed by atoms with E-state index in [1.165, 1.54) is 53.5 Å². The zero-order chi connectivity index (χ0) is 12.3. The van der Waals surface area contributed by atoms with Gasteiger partial charge in [-0.3, -0.25) is 0 Å². The molecule has 0 saturated heterocycles. The van der Waals surface area contributed by atoms with Gasteiger partial charge in [0.15, 0.2) is 0 Å². The lowest BCUT2D eigenvalue weighted by atomic mass is 9.87. The van der Waals surface area contributed by atoms with Crippen LogP contribution in [0.5, 0.6) is 0 Å². The second-order valence-electron chi connectivity index (χ2n) is 5.06. The molecule has 0 fully saturated rings. The van der Waals surface area contributed by atoms with Crippen molar-refractivity contribution in [2.75, 3.05) is 0 Å². The molecule has 0 heterocycles. The summed E-state index contributed by atoms with van der Waals surface area (Å²) in [5, 5.41) is 0. The van der Waals surface area contributed by atoms with Gasteiger partial charge in [-0.2, -0.15) is 0 Å². The van der Waals surface area contributed by atoms with Gasteiger partial charge in [0, 0.05) is 0 Å². The third-order valence-electron chi connectivity index (χ3n) is 4.19. The van der Waals surface area contributed by atoms with Gasteiger partial charge in [0.2, 0.25) is 0 Å². The fourth-order valence-corrected chi connectivity index (χ4v) is 2.50. The van der Waals surface area contributed by atoms with Crippen LogP contribution in [0.3, 0.4) is 0 Å². The predicted octanol–water partition coefficient (Wildman–Crippen LogP) is 4.96. The molecule has 1 aromatic rings. The first-order valence-electron chi connectivity index (χ1n) is 6.56. The first-order chi connectivity index (χ1) is 7.50. The summed E-state index contributed by atoms with van der Waals surface area (Å²) in [4.78, 5) is 0. The molecule has 0 aromatic heterocycles. The van der Waals surface area contributed by atoms with Crippen LogP contribution < -0.4 is 0 Å². The van der Waals surface area contributed by atoms with Gasteiger partial charge in [-0.25, -0.2) is 0 Å². The van der Waals surface area contributed by atoms with Crippen molar-refractivity contribution in [3.63, 3.8) is 0 Å². The first-order valence-corrected chi connectivity index (χ1v) is 6.56. The standard InChI is InChI=1S/C16H26/c1-7-8-9-10-16-14(5)12(3)11(2)13(4)15(16)6/h7-10H2,1-6H3. The monoisotopic (exact) mass is 218 g/mol. The quantitative estimate of drug-likeness (QED) is 0.626. The van der Waals surface area contributed by atoms with E-state index in [1.807, 2.05) is 0 Å². The highest BCUT2D eigenvalue weighted by molar-refractivity contribution is 5.49. The van der Waals surface area contributed by atoms with Gasteiger partial charge < -0.3 is 0 Å². The molecule has 16 heavy (non-hydrogen) atoms. The lowest BCUT2D eigenvalue weighted by Crippen LogP contribution is -2.02. The Labute approximate surface area is 101 Å². The maximum absolute atomic E-state index is 2.29. The fourth-order valence-electron chi connectivity index (χ4n) is 2.50. The van der Waals surface area contributed by atoms with E-state index in [2.05, 4.69) is 41.5 Å². The van der Waals surface area contributed by atoms with E-state index < -0.39 is 0 Å². The van der Waals surface area contributed by atoms with Crippen LogP contribution in [0.4, 0.5) is 0 Å². The van der Waals surface area contributed by atoms with Crippen molar-refractivity contribution in [3.8, 4) is 0 Å². The topological polar surface area (TPSA) is 0 Å². The van der Waals surface area contributed by atoms with E-state index >= 15 is 0 Å². The molecular formula is C16H26. The maximum Gasteiger partial charge on any atom is -0.0273 e. The molecule has 0 aliphatic heterocycles. The Bertz CT molecular complexity index is 343. The molecule has 0 nitrogen and oxygen atoms in total.